The number of halogens is 2. The molecule has 0 radical (unpaired) electrons. The molecule has 0 heterocycles. The zero-order chi connectivity index (χ0) is 15.4. The summed E-state index contributed by atoms with van der Waals surface area (Å²) >= 11 is 5.68. The molecule has 0 aromatic heterocycles. The predicted octanol–water partition coefficient (Wildman–Crippen LogP) is 4.53. The van der Waals surface area contributed by atoms with Gasteiger partial charge in [-0.1, -0.05) is 42.8 Å². The highest BCUT2D eigenvalue weighted by molar-refractivity contribution is 6.30. The van der Waals surface area contributed by atoms with Gasteiger partial charge in [0.25, 0.3) is 5.91 Å². The van der Waals surface area contributed by atoms with Crippen LogP contribution in [0.25, 0.3) is 0 Å². The van der Waals surface area contributed by atoms with Crippen molar-refractivity contribution in [2.45, 2.75) is 26.3 Å². The Labute approximate surface area is 128 Å². The van der Waals surface area contributed by atoms with Crippen molar-refractivity contribution in [3.05, 3.63) is 70.0 Å². The van der Waals surface area contributed by atoms with E-state index in [1.165, 1.54) is 17.7 Å². The Morgan fingerprint density at radius 1 is 1.24 bits per heavy atom. The average molecular weight is 306 g/mol. The maximum absolute atomic E-state index is 13.7. The standard InChI is InChI=1S/C17H17ClFNO/c1-3-12-4-6-13(7-5-12)11(2)20-17(21)15-9-8-14(18)10-16(15)19/h4-11H,3H2,1-2H3,(H,20,21). The maximum atomic E-state index is 13.7. The monoisotopic (exact) mass is 305 g/mol. The second kappa shape index (κ2) is 6.72. The van der Waals surface area contributed by atoms with Crippen LogP contribution in [-0.4, -0.2) is 5.91 Å². The van der Waals surface area contributed by atoms with Crippen molar-refractivity contribution in [3.8, 4) is 0 Å². The fourth-order valence-electron chi connectivity index (χ4n) is 2.07. The number of rotatable bonds is 4. The zero-order valence-corrected chi connectivity index (χ0v) is 12.7. The van der Waals surface area contributed by atoms with E-state index in [-0.39, 0.29) is 16.6 Å². The van der Waals surface area contributed by atoms with Crippen LogP contribution < -0.4 is 5.32 Å². The van der Waals surface area contributed by atoms with E-state index < -0.39 is 11.7 Å². The number of aryl methyl sites for hydroxylation is 1. The fourth-order valence-corrected chi connectivity index (χ4v) is 2.23. The van der Waals surface area contributed by atoms with Gasteiger partial charge in [0.05, 0.1) is 11.6 Å². The quantitative estimate of drug-likeness (QED) is 0.883. The minimum Gasteiger partial charge on any atom is -0.345 e. The molecule has 0 bridgehead atoms. The van der Waals surface area contributed by atoms with Crippen LogP contribution in [0.4, 0.5) is 4.39 Å². The van der Waals surface area contributed by atoms with Gasteiger partial charge in [-0.2, -0.15) is 0 Å². The van der Waals surface area contributed by atoms with E-state index in [0.29, 0.717) is 0 Å². The molecule has 2 nitrogen and oxygen atoms in total. The molecule has 2 aromatic carbocycles. The Morgan fingerprint density at radius 3 is 2.48 bits per heavy atom. The Bertz CT molecular complexity index is 640. The van der Waals surface area contributed by atoms with Gasteiger partial charge in [-0.15, -0.1) is 0 Å². The van der Waals surface area contributed by atoms with Crippen LogP contribution in [-0.2, 0) is 6.42 Å². The number of carbonyl (C=O) groups is 1. The number of amides is 1. The predicted molar refractivity (Wildman–Crippen MR) is 83.1 cm³/mol. The summed E-state index contributed by atoms with van der Waals surface area (Å²) in [4.78, 5) is 12.1. The highest BCUT2D eigenvalue weighted by Gasteiger charge is 2.15. The van der Waals surface area contributed by atoms with Crippen molar-refractivity contribution >= 4 is 17.5 Å². The van der Waals surface area contributed by atoms with Crippen LogP contribution in [0.2, 0.25) is 5.02 Å². The van der Waals surface area contributed by atoms with Gasteiger partial charge in [-0.3, -0.25) is 4.79 Å². The van der Waals surface area contributed by atoms with Gasteiger partial charge in [-0.05, 0) is 42.7 Å². The van der Waals surface area contributed by atoms with E-state index in [2.05, 4.69) is 12.2 Å². The maximum Gasteiger partial charge on any atom is 0.254 e. The summed E-state index contributed by atoms with van der Waals surface area (Å²) in [6.07, 6.45) is 0.969. The fraction of sp³-hybridized carbons (Fsp3) is 0.235. The minimum atomic E-state index is -0.617. The number of hydrogen-bond donors (Lipinski definition) is 1. The van der Waals surface area contributed by atoms with E-state index in [1.807, 2.05) is 31.2 Å². The van der Waals surface area contributed by atoms with E-state index in [1.54, 1.807) is 0 Å². The first kappa shape index (κ1) is 15.5. The van der Waals surface area contributed by atoms with E-state index in [9.17, 15) is 9.18 Å². The van der Waals surface area contributed by atoms with Gasteiger partial charge in [0, 0.05) is 5.02 Å². The largest absolute Gasteiger partial charge is 0.345 e. The lowest BCUT2D eigenvalue weighted by molar-refractivity contribution is 0.0936. The molecule has 1 atom stereocenters. The van der Waals surface area contributed by atoms with Gasteiger partial charge in [0.1, 0.15) is 5.82 Å². The summed E-state index contributed by atoms with van der Waals surface area (Å²) < 4.78 is 13.7. The molecule has 0 aliphatic rings. The molecule has 0 fully saturated rings. The summed E-state index contributed by atoms with van der Waals surface area (Å²) in [6.45, 7) is 3.95. The molecule has 2 aromatic rings. The molecular formula is C17H17ClFNO. The SMILES string of the molecule is CCc1ccc(C(C)NC(=O)c2ccc(Cl)cc2F)cc1. The Kier molecular flexibility index (Phi) is 4.97. The molecule has 2 rings (SSSR count). The first-order chi connectivity index (χ1) is 10.0. The molecule has 1 amide bonds. The third-order valence-electron chi connectivity index (χ3n) is 3.41. The van der Waals surface area contributed by atoms with Gasteiger partial charge in [0.2, 0.25) is 0 Å². The van der Waals surface area contributed by atoms with Crippen LogP contribution >= 0.6 is 11.6 Å². The van der Waals surface area contributed by atoms with Gasteiger partial charge < -0.3 is 5.32 Å². The van der Waals surface area contributed by atoms with Crippen LogP contribution in [0.1, 0.15) is 41.4 Å². The van der Waals surface area contributed by atoms with Crippen LogP contribution in [0.3, 0.4) is 0 Å². The molecule has 0 saturated carbocycles. The third-order valence-corrected chi connectivity index (χ3v) is 3.65. The minimum absolute atomic E-state index is 0.00331. The Hall–Kier alpha value is -1.87. The van der Waals surface area contributed by atoms with E-state index in [0.717, 1.165) is 18.1 Å². The second-order valence-electron chi connectivity index (χ2n) is 4.91. The third kappa shape index (κ3) is 3.82. The van der Waals surface area contributed by atoms with E-state index in [4.69, 9.17) is 11.6 Å². The molecule has 0 saturated heterocycles. The lowest BCUT2D eigenvalue weighted by Gasteiger charge is -2.15. The summed E-state index contributed by atoms with van der Waals surface area (Å²) in [7, 11) is 0. The topological polar surface area (TPSA) is 29.1 Å². The zero-order valence-electron chi connectivity index (χ0n) is 12.0. The van der Waals surface area contributed by atoms with Gasteiger partial charge >= 0.3 is 0 Å². The summed E-state index contributed by atoms with van der Waals surface area (Å²) in [5.41, 5.74) is 2.22. The average Bonchev–Trinajstić information content (AvgIpc) is 2.47. The number of hydrogen-bond acceptors (Lipinski definition) is 1. The van der Waals surface area contributed by atoms with Crippen molar-refractivity contribution in [2.24, 2.45) is 0 Å². The first-order valence-corrected chi connectivity index (χ1v) is 7.23. The number of carbonyl (C=O) groups excluding carboxylic acids is 1. The number of benzene rings is 2. The highest BCUT2D eigenvalue weighted by Crippen LogP contribution is 2.17. The van der Waals surface area contributed by atoms with Crippen molar-refractivity contribution in [1.29, 1.82) is 0 Å². The molecule has 1 N–H and O–H groups in total. The highest BCUT2D eigenvalue weighted by atomic mass is 35.5. The molecule has 21 heavy (non-hydrogen) atoms. The second-order valence-corrected chi connectivity index (χ2v) is 5.35. The first-order valence-electron chi connectivity index (χ1n) is 6.86. The molecule has 0 aliphatic heterocycles. The van der Waals surface area contributed by atoms with Gasteiger partial charge in [0.15, 0.2) is 0 Å². The van der Waals surface area contributed by atoms with E-state index >= 15 is 0 Å². The van der Waals surface area contributed by atoms with Crippen molar-refractivity contribution in [3.63, 3.8) is 0 Å². The van der Waals surface area contributed by atoms with Crippen LogP contribution in [0, 0.1) is 5.82 Å². The molecule has 1 unspecified atom stereocenters. The summed E-state index contributed by atoms with van der Waals surface area (Å²) in [5.74, 6) is -1.07. The number of nitrogens with one attached hydrogen (secondary N) is 1. The van der Waals surface area contributed by atoms with Crippen molar-refractivity contribution in [2.75, 3.05) is 0 Å². The smallest absolute Gasteiger partial charge is 0.254 e. The lowest BCUT2D eigenvalue weighted by atomic mass is 10.0. The van der Waals surface area contributed by atoms with Crippen molar-refractivity contribution in [1.82, 2.24) is 5.32 Å². The molecule has 4 heteroatoms. The van der Waals surface area contributed by atoms with Crippen LogP contribution in [0.15, 0.2) is 42.5 Å². The lowest BCUT2D eigenvalue weighted by Crippen LogP contribution is -2.27. The molecule has 0 spiro atoms. The van der Waals surface area contributed by atoms with Crippen molar-refractivity contribution < 1.29 is 9.18 Å². The Balaban J connectivity index is 2.10. The summed E-state index contributed by atoms with van der Waals surface area (Å²) in [6, 6.07) is 11.8. The van der Waals surface area contributed by atoms with Crippen LogP contribution in [0.5, 0.6) is 0 Å². The molecule has 110 valence electrons. The Morgan fingerprint density at radius 2 is 1.90 bits per heavy atom. The molecular weight excluding hydrogens is 289 g/mol. The normalized spacial score (nSPS) is 12.0. The summed E-state index contributed by atoms with van der Waals surface area (Å²) in [5, 5.41) is 3.06. The molecule has 0 aliphatic carbocycles. The van der Waals surface area contributed by atoms with Gasteiger partial charge in [-0.25, -0.2) is 4.39 Å².